The third-order valence-corrected chi connectivity index (χ3v) is 2.31. The Labute approximate surface area is 107 Å². The lowest BCUT2D eigenvalue weighted by Gasteiger charge is -2.15. The van der Waals surface area contributed by atoms with Crippen molar-refractivity contribution in [2.24, 2.45) is 0 Å². The quantitative estimate of drug-likeness (QED) is 0.792. The second-order valence-electron chi connectivity index (χ2n) is 4.03. The first-order valence-corrected chi connectivity index (χ1v) is 5.79. The number of aliphatic hydroxyl groups excluding tert-OH is 1. The van der Waals surface area contributed by atoms with E-state index in [1.807, 2.05) is 0 Å². The number of rotatable bonds is 6. The Morgan fingerprint density at radius 1 is 1.28 bits per heavy atom. The van der Waals surface area contributed by atoms with E-state index in [1.165, 1.54) is 0 Å². The van der Waals surface area contributed by atoms with Crippen LogP contribution in [0, 0.1) is 0 Å². The molecule has 0 saturated carbocycles. The molecule has 100 valence electrons. The Morgan fingerprint density at radius 3 is 2.33 bits per heavy atom. The van der Waals surface area contributed by atoms with Crippen molar-refractivity contribution in [3.05, 3.63) is 24.3 Å². The van der Waals surface area contributed by atoms with Gasteiger partial charge in [0.05, 0.1) is 13.2 Å². The molecule has 1 aromatic rings. The molecule has 1 rings (SSSR count). The zero-order chi connectivity index (χ0) is 13.5. The van der Waals surface area contributed by atoms with E-state index in [1.54, 1.807) is 45.2 Å². The molecule has 1 aromatic carbocycles. The third kappa shape index (κ3) is 4.63. The minimum Gasteiger partial charge on any atom is -0.497 e. The van der Waals surface area contributed by atoms with E-state index in [-0.39, 0.29) is 12.5 Å². The second kappa shape index (κ2) is 6.86. The van der Waals surface area contributed by atoms with Crippen LogP contribution in [-0.2, 0) is 4.79 Å². The van der Waals surface area contributed by atoms with Crippen LogP contribution in [0.5, 0.6) is 11.5 Å². The number of methoxy groups -OCH3 is 1. The molecule has 0 spiro atoms. The lowest BCUT2D eigenvalue weighted by Crippen LogP contribution is -2.39. The first kappa shape index (κ1) is 14.3. The predicted molar refractivity (Wildman–Crippen MR) is 67.8 cm³/mol. The van der Waals surface area contributed by atoms with Gasteiger partial charge in [-0.25, -0.2) is 0 Å². The van der Waals surface area contributed by atoms with Crippen molar-refractivity contribution in [2.75, 3.05) is 13.7 Å². The van der Waals surface area contributed by atoms with Gasteiger partial charge >= 0.3 is 0 Å². The van der Waals surface area contributed by atoms with Crippen LogP contribution in [0.15, 0.2) is 24.3 Å². The first-order valence-electron chi connectivity index (χ1n) is 5.79. The highest BCUT2D eigenvalue weighted by molar-refractivity contribution is 5.80. The highest BCUT2D eigenvalue weighted by Gasteiger charge is 2.14. The van der Waals surface area contributed by atoms with Crippen molar-refractivity contribution < 1.29 is 19.4 Å². The number of carbonyl (C=O) groups excluding carboxylic acids is 1. The minimum absolute atomic E-state index is 0.217. The van der Waals surface area contributed by atoms with Gasteiger partial charge in [0.1, 0.15) is 11.5 Å². The molecular formula is C13H19NO4. The second-order valence-corrected chi connectivity index (χ2v) is 4.03. The number of benzene rings is 1. The van der Waals surface area contributed by atoms with Gasteiger partial charge in [-0.3, -0.25) is 4.79 Å². The Morgan fingerprint density at radius 2 is 1.83 bits per heavy atom. The van der Waals surface area contributed by atoms with Crippen LogP contribution in [-0.4, -0.2) is 36.9 Å². The lowest BCUT2D eigenvalue weighted by atomic mass is 10.3. The van der Waals surface area contributed by atoms with Crippen LogP contribution in [0.2, 0.25) is 0 Å². The maximum absolute atomic E-state index is 11.6. The fourth-order valence-electron chi connectivity index (χ4n) is 1.30. The Kier molecular flexibility index (Phi) is 5.45. The van der Waals surface area contributed by atoms with E-state index >= 15 is 0 Å². The molecule has 5 nitrogen and oxygen atoms in total. The molecule has 1 amide bonds. The molecular weight excluding hydrogens is 234 g/mol. The van der Waals surface area contributed by atoms with E-state index < -0.39 is 12.2 Å². The Bertz CT molecular complexity index is 375. The summed E-state index contributed by atoms with van der Waals surface area (Å²) >= 11 is 0. The summed E-state index contributed by atoms with van der Waals surface area (Å²) in [5.41, 5.74) is 0. The lowest BCUT2D eigenvalue weighted by molar-refractivity contribution is -0.127. The standard InChI is InChI=1S/C13H19NO4/c1-9(15)8-14-13(16)10(2)18-12-6-4-11(17-3)5-7-12/h4-7,9-10,15H,8H2,1-3H3,(H,14,16). The summed E-state index contributed by atoms with van der Waals surface area (Å²) in [5.74, 6) is 1.07. The molecule has 0 aliphatic carbocycles. The molecule has 2 atom stereocenters. The van der Waals surface area contributed by atoms with E-state index in [0.717, 1.165) is 5.75 Å². The minimum atomic E-state index is -0.614. The maximum Gasteiger partial charge on any atom is 0.260 e. The smallest absolute Gasteiger partial charge is 0.260 e. The summed E-state index contributed by atoms with van der Waals surface area (Å²) in [6.45, 7) is 3.48. The third-order valence-electron chi connectivity index (χ3n) is 2.31. The molecule has 0 bridgehead atoms. The van der Waals surface area contributed by atoms with Gasteiger partial charge in [-0.05, 0) is 38.1 Å². The van der Waals surface area contributed by atoms with Gasteiger partial charge in [-0.15, -0.1) is 0 Å². The number of nitrogens with one attached hydrogen (secondary N) is 1. The van der Waals surface area contributed by atoms with E-state index in [0.29, 0.717) is 5.75 Å². The molecule has 2 unspecified atom stereocenters. The Balaban J connectivity index is 2.47. The normalized spacial score (nSPS) is 13.6. The van der Waals surface area contributed by atoms with Gasteiger partial charge in [0.25, 0.3) is 5.91 Å². The highest BCUT2D eigenvalue weighted by atomic mass is 16.5. The Hall–Kier alpha value is -1.75. The molecule has 5 heteroatoms. The van der Waals surface area contributed by atoms with Crippen molar-refractivity contribution in [3.63, 3.8) is 0 Å². The van der Waals surface area contributed by atoms with Crippen molar-refractivity contribution in [1.29, 1.82) is 0 Å². The zero-order valence-electron chi connectivity index (χ0n) is 10.8. The molecule has 0 aromatic heterocycles. The van der Waals surface area contributed by atoms with Crippen molar-refractivity contribution in [3.8, 4) is 11.5 Å². The van der Waals surface area contributed by atoms with E-state index in [2.05, 4.69) is 5.32 Å². The van der Waals surface area contributed by atoms with Gasteiger partial charge in [0.2, 0.25) is 0 Å². The molecule has 0 heterocycles. The maximum atomic E-state index is 11.6. The molecule has 0 radical (unpaired) electrons. The fourth-order valence-corrected chi connectivity index (χ4v) is 1.30. The molecule has 0 aliphatic rings. The molecule has 0 fully saturated rings. The number of aliphatic hydroxyl groups is 1. The summed E-state index contributed by atoms with van der Waals surface area (Å²) in [4.78, 5) is 11.6. The monoisotopic (exact) mass is 253 g/mol. The number of ether oxygens (including phenoxy) is 2. The number of carbonyl (C=O) groups is 1. The number of amides is 1. The van der Waals surface area contributed by atoms with Gasteiger partial charge in [0.15, 0.2) is 6.10 Å². The van der Waals surface area contributed by atoms with Crippen LogP contribution in [0.1, 0.15) is 13.8 Å². The predicted octanol–water partition coefficient (Wildman–Crippen LogP) is 0.959. The van der Waals surface area contributed by atoms with Crippen molar-refractivity contribution in [2.45, 2.75) is 26.1 Å². The first-order chi connectivity index (χ1) is 8.52. The topological polar surface area (TPSA) is 67.8 Å². The SMILES string of the molecule is COc1ccc(OC(C)C(=O)NCC(C)O)cc1. The van der Waals surface area contributed by atoms with Crippen LogP contribution < -0.4 is 14.8 Å². The van der Waals surface area contributed by atoms with Crippen LogP contribution >= 0.6 is 0 Å². The summed E-state index contributed by atoms with van der Waals surface area (Å²) in [5, 5.41) is 11.6. The van der Waals surface area contributed by atoms with Crippen LogP contribution in [0.25, 0.3) is 0 Å². The van der Waals surface area contributed by atoms with Gasteiger partial charge in [0, 0.05) is 6.54 Å². The van der Waals surface area contributed by atoms with Crippen LogP contribution in [0.4, 0.5) is 0 Å². The van der Waals surface area contributed by atoms with Gasteiger partial charge < -0.3 is 19.9 Å². The molecule has 18 heavy (non-hydrogen) atoms. The van der Waals surface area contributed by atoms with Gasteiger partial charge in [-0.1, -0.05) is 0 Å². The molecule has 0 saturated heterocycles. The summed E-state index contributed by atoms with van der Waals surface area (Å²) in [6, 6.07) is 6.99. The average molecular weight is 253 g/mol. The van der Waals surface area contributed by atoms with Crippen LogP contribution in [0.3, 0.4) is 0 Å². The summed E-state index contributed by atoms with van der Waals surface area (Å²) < 4.78 is 10.5. The van der Waals surface area contributed by atoms with E-state index in [4.69, 9.17) is 14.6 Å². The largest absolute Gasteiger partial charge is 0.497 e. The average Bonchev–Trinajstić information content (AvgIpc) is 2.36. The number of hydrogen-bond acceptors (Lipinski definition) is 4. The zero-order valence-corrected chi connectivity index (χ0v) is 10.8. The fraction of sp³-hybridized carbons (Fsp3) is 0.462. The summed E-state index contributed by atoms with van der Waals surface area (Å²) in [6.07, 6.45) is -1.18. The van der Waals surface area contributed by atoms with E-state index in [9.17, 15) is 4.79 Å². The number of hydrogen-bond donors (Lipinski definition) is 2. The molecule has 2 N–H and O–H groups in total. The molecule has 0 aliphatic heterocycles. The highest BCUT2D eigenvalue weighted by Crippen LogP contribution is 2.18. The summed E-state index contributed by atoms with van der Waals surface area (Å²) in [7, 11) is 1.59. The van der Waals surface area contributed by atoms with Crippen molar-refractivity contribution in [1.82, 2.24) is 5.32 Å². The van der Waals surface area contributed by atoms with Gasteiger partial charge in [-0.2, -0.15) is 0 Å². The van der Waals surface area contributed by atoms with Crippen molar-refractivity contribution >= 4 is 5.91 Å².